The van der Waals surface area contributed by atoms with Gasteiger partial charge in [-0.2, -0.15) is 0 Å². The quantitative estimate of drug-likeness (QED) is 0.493. The molecule has 0 radical (unpaired) electrons. The number of hydrazine groups is 1. The molecule has 0 fully saturated rings. The van der Waals surface area contributed by atoms with Crippen molar-refractivity contribution in [2.24, 2.45) is 9.98 Å². The molecule has 0 bridgehead atoms. The maximum atomic E-state index is 4.11. The van der Waals surface area contributed by atoms with Crippen molar-refractivity contribution >= 4 is 12.4 Å². The second-order valence-corrected chi connectivity index (χ2v) is 2.39. The maximum Gasteiger partial charge on any atom is 0.104 e. The fourth-order valence-corrected chi connectivity index (χ4v) is 1.13. The molecule has 0 spiro atoms. The third-order valence-electron chi connectivity index (χ3n) is 1.73. The van der Waals surface area contributed by atoms with Crippen LogP contribution in [0.15, 0.2) is 9.98 Å². The molecule has 0 atom stereocenters. The van der Waals surface area contributed by atoms with E-state index in [4.69, 9.17) is 0 Å². The summed E-state index contributed by atoms with van der Waals surface area (Å²) in [6, 6.07) is 0. The first-order valence-electron chi connectivity index (χ1n) is 3.43. The number of hydrogen-bond acceptors (Lipinski definition) is 4. The zero-order valence-electron chi connectivity index (χ0n) is 5.77. The number of hydrogen-bond donors (Lipinski definition) is 0. The van der Waals surface area contributed by atoms with E-state index in [1.54, 1.807) is 0 Å². The highest BCUT2D eigenvalue weighted by Gasteiger charge is 2.17. The molecule has 0 saturated carbocycles. The number of rotatable bonds is 1. The molecule has 0 aromatic rings. The van der Waals surface area contributed by atoms with Crippen LogP contribution in [0.1, 0.15) is 0 Å². The van der Waals surface area contributed by atoms with Gasteiger partial charge in [0, 0.05) is 12.4 Å². The molecule has 0 aromatic heterocycles. The zero-order chi connectivity index (χ0) is 6.81. The molecule has 54 valence electrons. The van der Waals surface area contributed by atoms with Crippen molar-refractivity contribution in [3.8, 4) is 0 Å². The molecule has 2 heterocycles. The van der Waals surface area contributed by atoms with Gasteiger partial charge in [0.15, 0.2) is 0 Å². The van der Waals surface area contributed by atoms with E-state index in [0.717, 1.165) is 26.4 Å². The predicted molar refractivity (Wildman–Crippen MR) is 40.1 cm³/mol. The van der Waals surface area contributed by atoms with Gasteiger partial charge in [0.25, 0.3) is 0 Å². The van der Waals surface area contributed by atoms with Gasteiger partial charge in [0.1, 0.15) is 13.3 Å². The third-order valence-corrected chi connectivity index (χ3v) is 1.73. The summed E-state index contributed by atoms with van der Waals surface area (Å²) in [5.41, 5.74) is 0. The average Bonchev–Trinajstić information content (AvgIpc) is 2.59. The van der Waals surface area contributed by atoms with Gasteiger partial charge >= 0.3 is 0 Å². The molecule has 2 rings (SSSR count). The van der Waals surface area contributed by atoms with Crippen molar-refractivity contribution in [3.05, 3.63) is 0 Å². The monoisotopic (exact) mass is 138 g/mol. The first-order chi connectivity index (χ1) is 4.97. The Kier molecular flexibility index (Phi) is 1.49. The first kappa shape index (κ1) is 6.00. The van der Waals surface area contributed by atoms with Crippen molar-refractivity contribution < 1.29 is 0 Å². The first-order valence-corrected chi connectivity index (χ1v) is 3.43. The van der Waals surface area contributed by atoms with Gasteiger partial charge < -0.3 is 0 Å². The number of nitrogens with zero attached hydrogens (tertiary/aromatic N) is 4. The summed E-state index contributed by atoms with van der Waals surface area (Å²) in [6.07, 6.45) is 3.89. The lowest BCUT2D eigenvalue weighted by molar-refractivity contribution is 0.0274. The van der Waals surface area contributed by atoms with Crippen molar-refractivity contribution in [2.75, 3.05) is 26.4 Å². The van der Waals surface area contributed by atoms with E-state index in [2.05, 4.69) is 20.0 Å². The summed E-state index contributed by atoms with van der Waals surface area (Å²) in [6.45, 7) is 3.51. The fourth-order valence-electron chi connectivity index (χ4n) is 1.13. The summed E-state index contributed by atoms with van der Waals surface area (Å²) >= 11 is 0. The van der Waals surface area contributed by atoms with E-state index in [1.165, 1.54) is 0 Å². The van der Waals surface area contributed by atoms with Crippen LogP contribution in [0.25, 0.3) is 0 Å². The summed E-state index contributed by atoms with van der Waals surface area (Å²) in [5.74, 6) is 0. The average molecular weight is 138 g/mol. The second kappa shape index (κ2) is 2.48. The normalized spacial score (nSPS) is 26.8. The van der Waals surface area contributed by atoms with Gasteiger partial charge in [0.05, 0.1) is 13.1 Å². The van der Waals surface area contributed by atoms with Gasteiger partial charge in [-0.05, 0) is 0 Å². The van der Waals surface area contributed by atoms with Gasteiger partial charge in [-0.3, -0.25) is 9.98 Å². The fraction of sp³-hybridized carbons (Fsp3) is 0.667. The van der Waals surface area contributed by atoms with Crippen LogP contribution in [0, 0.1) is 0 Å². The summed E-state index contributed by atoms with van der Waals surface area (Å²) in [5, 5.41) is 4.38. The van der Waals surface area contributed by atoms with Crippen LogP contribution < -0.4 is 0 Å². The van der Waals surface area contributed by atoms with Crippen LogP contribution >= 0.6 is 0 Å². The molecular formula is C6H10N4. The zero-order valence-corrected chi connectivity index (χ0v) is 5.77. The predicted octanol–water partition coefficient (Wildman–Crippen LogP) is -0.411. The molecule has 0 N–H and O–H groups in total. The highest BCUT2D eigenvalue weighted by molar-refractivity contribution is 5.63. The van der Waals surface area contributed by atoms with E-state index in [0.29, 0.717) is 0 Å². The Morgan fingerprint density at radius 3 is 1.70 bits per heavy atom. The van der Waals surface area contributed by atoms with E-state index in [9.17, 15) is 0 Å². The minimum Gasteiger partial charge on any atom is -0.279 e. The lowest BCUT2D eigenvalue weighted by atomic mass is 10.7. The molecular weight excluding hydrogens is 128 g/mol. The van der Waals surface area contributed by atoms with E-state index in [-0.39, 0.29) is 0 Å². The van der Waals surface area contributed by atoms with Crippen LogP contribution in [0.4, 0.5) is 0 Å². The SMILES string of the molecule is C1=NCN(N2CC=NC2)C1. The molecule has 0 saturated heterocycles. The Labute approximate surface area is 59.8 Å². The Bertz CT molecular complexity index is 139. The topological polar surface area (TPSA) is 31.2 Å². The largest absolute Gasteiger partial charge is 0.279 e. The Hall–Kier alpha value is -0.740. The third kappa shape index (κ3) is 0.955. The Morgan fingerprint density at radius 2 is 1.40 bits per heavy atom. The lowest BCUT2D eigenvalue weighted by Crippen LogP contribution is -2.39. The molecule has 0 aromatic carbocycles. The van der Waals surface area contributed by atoms with Crippen molar-refractivity contribution in [1.29, 1.82) is 0 Å². The van der Waals surface area contributed by atoms with Crippen molar-refractivity contribution in [1.82, 2.24) is 10.0 Å². The minimum atomic E-state index is 0.809. The molecule has 2 aliphatic rings. The van der Waals surface area contributed by atoms with Gasteiger partial charge in [-0.15, -0.1) is 0 Å². The molecule has 4 nitrogen and oxygen atoms in total. The Morgan fingerprint density at radius 1 is 0.900 bits per heavy atom. The van der Waals surface area contributed by atoms with Gasteiger partial charge in [-0.1, -0.05) is 0 Å². The van der Waals surface area contributed by atoms with Crippen LogP contribution in [-0.2, 0) is 0 Å². The smallest absolute Gasteiger partial charge is 0.104 e. The molecule has 4 heteroatoms. The van der Waals surface area contributed by atoms with Crippen molar-refractivity contribution in [3.63, 3.8) is 0 Å². The van der Waals surface area contributed by atoms with E-state index >= 15 is 0 Å². The van der Waals surface area contributed by atoms with Crippen LogP contribution in [0.2, 0.25) is 0 Å². The van der Waals surface area contributed by atoms with E-state index in [1.807, 2.05) is 12.4 Å². The standard InChI is InChI=1S/C6H10N4/c1-3-9(5-7-1)10-4-2-8-6-10/h1-2H,3-6H2. The lowest BCUT2D eigenvalue weighted by Gasteiger charge is -2.23. The molecule has 0 unspecified atom stereocenters. The maximum absolute atomic E-state index is 4.11. The van der Waals surface area contributed by atoms with Gasteiger partial charge in [0.2, 0.25) is 0 Å². The summed E-state index contributed by atoms with van der Waals surface area (Å²) < 4.78 is 0. The minimum absolute atomic E-state index is 0.809. The van der Waals surface area contributed by atoms with E-state index < -0.39 is 0 Å². The highest BCUT2D eigenvalue weighted by atomic mass is 15.7. The van der Waals surface area contributed by atoms with Crippen LogP contribution in [0.5, 0.6) is 0 Å². The summed E-state index contributed by atoms with van der Waals surface area (Å²) in [4.78, 5) is 8.23. The number of aliphatic imine (C=N–C) groups is 2. The van der Waals surface area contributed by atoms with Crippen molar-refractivity contribution in [2.45, 2.75) is 0 Å². The molecule has 2 aliphatic heterocycles. The molecule has 0 amide bonds. The van der Waals surface area contributed by atoms with Crippen LogP contribution in [-0.4, -0.2) is 48.9 Å². The molecule has 0 aliphatic carbocycles. The highest BCUT2D eigenvalue weighted by Crippen LogP contribution is 2.03. The second-order valence-electron chi connectivity index (χ2n) is 2.39. The Balaban J connectivity index is 1.89. The van der Waals surface area contributed by atoms with Gasteiger partial charge in [-0.25, -0.2) is 10.0 Å². The molecule has 10 heavy (non-hydrogen) atoms. The van der Waals surface area contributed by atoms with Crippen LogP contribution in [0.3, 0.4) is 0 Å². The summed E-state index contributed by atoms with van der Waals surface area (Å²) in [7, 11) is 0.